The van der Waals surface area contributed by atoms with Gasteiger partial charge in [-0.15, -0.1) is 11.3 Å². The molecule has 0 saturated heterocycles. The van der Waals surface area contributed by atoms with E-state index in [0.717, 1.165) is 4.88 Å². The molecule has 0 saturated carbocycles. The van der Waals surface area contributed by atoms with E-state index in [4.69, 9.17) is 18.9 Å². The van der Waals surface area contributed by atoms with Gasteiger partial charge < -0.3 is 18.9 Å². The molecule has 1 aliphatic rings. The lowest BCUT2D eigenvalue weighted by Gasteiger charge is -2.23. The van der Waals surface area contributed by atoms with E-state index in [1.165, 1.54) is 29.8 Å². The molecule has 0 spiro atoms. The molecule has 0 fully saturated rings. The van der Waals surface area contributed by atoms with E-state index in [1.54, 1.807) is 43.9 Å². The Morgan fingerprint density at radius 3 is 2.42 bits per heavy atom. The number of nitrogens with zero attached hydrogens (tertiary/aromatic N) is 2. The zero-order valence-electron chi connectivity index (χ0n) is 21.0. The zero-order chi connectivity index (χ0) is 26.0. The molecule has 0 aliphatic carbocycles. The number of hydrogen-bond acceptors (Lipinski definition) is 9. The minimum Gasteiger partial charge on any atom is -0.493 e. The molecule has 2 aromatic heterocycles. The first-order valence-corrected chi connectivity index (χ1v) is 13.0. The lowest BCUT2D eigenvalue weighted by molar-refractivity contribution is -0.140. The van der Waals surface area contributed by atoms with Crippen molar-refractivity contribution in [1.29, 1.82) is 0 Å². The molecular formula is C26H28N2O6S2. The van der Waals surface area contributed by atoms with E-state index in [1.807, 2.05) is 31.4 Å². The average Bonchev–Trinajstić information content (AvgIpc) is 3.49. The molecule has 8 nitrogen and oxygen atoms in total. The molecule has 36 heavy (non-hydrogen) atoms. The van der Waals surface area contributed by atoms with Gasteiger partial charge in [0, 0.05) is 4.88 Å². The SMILES string of the molecule is COc1cc(/C=c2/sc3n(c2=O)[C@H](c2cccs2)C(C(=O)OCC(C)C)=C(C)N=3)cc(OC)c1OC. The van der Waals surface area contributed by atoms with Crippen LogP contribution < -0.4 is 29.1 Å². The van der Waals surface area contributed by atoms with Crippen molar-refractivity contribution in [2.45, 2.75) is 26.8 Å². The first-order chi connectivity index (χ1) is 17.3. The Morgan fingerprint density at radius 1 is 1.17 bits per heavy atom. The Morgan fingerprint density at radius 2 is 1.86 bits per heavy atom. The second kappa shape index (κ2) is 10.7. The number of methoxy groups -OCH3 is 3. The summed E-state index contributed by atoms with van der Waals surface area (Å²) in [7, 11) is 4.62. The van der Waals surface area contributed by atoms with E-state index in [0.29, 0.717) is 50.0 Å². The van der Waals surface area contributed by atoms with Gasteiger partial charge in [0.2, 0.25) is 5.75 Å². The smallest absolute Gasteiger partial charge is 0.338 e. The van der Waals surface area contributed by atoms with Crippen LogP contribution in [0.3, 0.4) is 0 Å². The molecule has 0 amide bonds. The van der Waals surface area contributed by atoms with Gasteiger partial charge in [-0.25, -0.2) is 9.79 Å². The first-order valence-electron chi connectivity index (χ1n) is 11.3. The Bertz CT molecular complexity index is 1460. The fraction of sp³-hybridized carbons (Fsp3) is 0.346. The minimum atomic E-state index is -0.608. The molecule has 3 heterocycles. The van der Waals surface area contributed by atoms with Crippen LogP contribution >= 0.6 is 22.7 Å². The number of allylic oxidation sites excluding steroid dienone is 1. The van der Waals surface area contributed by atoms with E-state index in [-0.39, 0.29) is 11.5 Å². The second-order valence-electron chi connectivity index (χ2n) is 8.55. The van der Waals surface area contributed by atoms with Crippen molar-refractivity contribution in [2.24, 2.45) is 10.9 Å². The van der Waals surface area contributed by atoms with Crippen molar-refractivity contribution in [1.82, 2.24) is 4.57 Å². The van der Waals surface area contributed by atoms with Crippen molar-refractivity contribution in [2.75, 3.05) is 27.9 Å². The maximum atomic E-state index is 13.7. The standard InChI is InChI=1S/C26H28N2O6S2/c1-14(2)13-34-25(30)21-15(3)27-26-28(22(21)19-8-7-9-35-19)24(29)20(36-26)12-16-10-17(31-4)23(33-6)18(11-16)32-5/h7-12,14,22H,13H2,1-6H3/b20-12+/t22-/m1/s1. The van der Waals surface area contributed by atoms with Crippen LogP contribution in [-0.4, -0.2) is 38.5 Å². The number of aromatic nitrogens is 1. The molecule has 1 aromatic carbocycles. The quantitative estimate of drug-likeness (QED) is 0.416. The second-order valence-corrected chi connectivity index (χ2v) is 10.5. The summed E-state index contributed by atoms with van der Waals surface area (Å²) in [5, 5.41) is 1.92. The van der Waals surface area contributed by atoms with E-state index in [9.17, 15) is 9.59 Å². The van der Waals surface area contributed by atoms with Gasteiger partial charge in [0.15, 0.2) is 16.3 Å². The van der Waals surface area contributed by atoms with Crippen LogP contribution in [0.15, 0.2) is 50.7 Å². The highest BCUT2D eigenvalue weighted by atomic mass is 32.1. The number of rotatable bonds is 8. The number of benzene rings is 1. The van der Waals surface area contributed by atoms with Crippen molar-refractivity contribution >= 4 is 34.7 Å². The van der Waals surface area contributed by atoms with Crippen molar-refractivity contribution in [3.8, 4) is 17.2 Å². The number of thiophene rings is 1. The lowest BCUT2D eigenvalue weighted by atomic mass is 10.0. The summed E-state index contributed by atoms with van der Waals surface area (Å²) in [6.07, 6.45) is 1.76. The van der Waals surface area contributed by atoms with E-state index < -0.39 is 12.0 Å². The predicted molar refractivity (Wildman–Crippen MR) is 140 cm³/mol. The van der Waals surface area contributed by atoms with Crippen molar-refractivity contribution in [3.63, 3.8) is 0 Å². The number of fused-ring (bicyclic) bond motifs is 1. The summed E-state index contributed by atoms with van der Waals surface area (Å²) in [5.74, 6) is 1.17. The van der Waals surface area contributed by atoms with Gasteiger partial charge in [-0.05, 0) is 48.1 Å². The van der Waals surface area contributed by atoms with Gasteiger partial charge in [-0.1, -0.05) is 31.3 Å². The summed E-state index contributed by atoms with van der Waals surface area (Å²) in [6.45, 7) is 6.02. The molecule has 4 rings (SSSR count). The molecule has 3 aromatic rings. The molecule has 10 heteroatoms. The zero-order valence-corrected chi connectivity index (χ0v) is 22.6. The van der Waals surface area contributed by atoms with Crippen LogP contribution in [0.25, 0.3) is 6.08 Å². The molecule has 0 N–H and O–H groups in total. The van der Waals surface area contributed by atoms with Crippen LogP contribution in [0.4, 0.5) is 0 Å². The largest absolute Gasteiger partial charge is 0.493 e. The molecule has 0 radical (unpaired) electrons. The molecular weight excluding hydrogens is 500 g/mol. The van der Waals surface area contributed by atoms with Gasteiger partial charge in [0.1, 0.15) is 6.04 Å². The molecule has 190 valence electrons. The Kier molecular flexibility index (Phi) is 7.65. The van der Waals surface area contributed by atoms with E-state index >= 15 is 0 Å². The maximum Gasteiger partial charge on any atom is 0.338 e. The average molecular weight is 529 g/mol. The summed E-state index contributed by atoms with van der Waals surface area (Å²) in [4.78, 5) is 32.9. The summed E-state index contributed by atoms with van der Waals surface area (Å²) >= 11 is 2.74. The summed E-state index contributed by atoms with van der Waals surface area (Å²) in [5.41, 5.74) is 1.38. The van der Waals surface area contributed by atoms with Crippen molar-refractivity contribution in [3.05, 3.63) is 71.0 Å². The number of ether oxygens (including phenoxy) is 4. The Balaban J connectivity index is 1.88. The van der Waals surface area contributed by atoms with Crippen LogP contribution in [0.1, 0.15) is 37.3 Å². The van der Waals surface area contributed by atoms with Crippen molar-refractivity contribution < 1.29 is 23.7 Å². The van der Waals surface area contributed by atoms with Gasteiger partial charge in [-0.3, -0.25) is 9.36 Å². The fourth-order valence-corrected chi connectivity index (χ4v) is 5.83. The topological polar surface area (TPSA) is 88.4 Å². The van der Waals surface area contributed by atoms with Crippen LogP contribution in [-0.2, 0) is 9.53 Å². The highest BCUT2D eigenvalue weighted by molar-refractivity contribution is 7.10. The van der Waals surface area contributed by atoms with Gasteiger partial charge in [0.05, 0.1) is 43.7 Å². The molecule has 0 bridgehead atoms. The van der Waals surface area contributed by atoms with Crippen LogP contribution in [0.2, 0.25) is 0 Å². The number of thiazole rings is 1. The predicted octanol–water partition coefficient (Wildman–Crippen LogP) is 3.52. The molecule has 1 atom stereocenters. The van der Waals surface area contributed by atoms with Gasteiger partial charge in [-0.2, -0.15) is 0 Å². The monoisotopic (exact) mass is 528 g/mol. The van der Waals surface area contributed by atoms with Gasteiger partial charge >= 0.3 is 5.97 Å². The number of esters is 1. The normalized spacial score (nSPS) is 15.5. The third-order valence-corrected chi connectivity index (χ3v) is 7.49. The maximum absolute atomic E-state index is 13.7. The minimum absolute atomic E-state index is 0.190. The van der Waals surface area contributed by atoms with Crippen LogP contribution in [0, 0.1) is 5.92 Å². The van der Waals surface area contributed by atoms with Crippen LogP contribution in [0.5, 0.6) is 17.2 Å². The molecule has 1 aliphatic heterocycles. The summed E-state index contributed by atoms with van der Waals surface area (Å²) < 4.78 is 23.9. The van der Waals surface area contributed by atoms with Gasteiger partial charge in [0.25, 0.3) is 5.56 Å². The third-order valence-electron chi connectivity index (χ3n) is 5.59. The fourth-order valence-electron chi connectivity index (χ4n) is 3.95. The summed E-state index contributed by atoms with van der Waals surface area (Å²) in [6, 6.07) is 6.76. The number of carbonyl (C=O) groups excluding carboxylic acids is 1. The Labute approximate surface area is 216 Å². The van der Waals surface area contributed by atoms with E-state index in [2.05, 4.69) is 4.99 Å². The Hall–Kier alpha value is -3.37. The highest BCUT2D eigenvalue weighted by Crippen LogP contribution is 2.38. The number of carbonyl (C=O) groups is 1. The lowest BCUT2D eigenvalue weighted by Crippen LogP contribution is -2.39. The number of hydrogen-bond donors (Lipinski definition) is 0. The highest BCUT2D eigenvalue weighted by Gasteiger charge is 2.34. The molecule has 0 unspecified atom stereocenters. The first kappa shape index (κ1) is 25.7. The third kappa shape index (κ3) is 4.83.